The molecule has 156 valence electrons. The SMILES string of the molecule is COc1ccc([C@H](CNC(=O)c2cc(=O)c3ccc(Br)cc3o2)N2CCCC2)cc1. The van der Waals surface area contributed by atoms with Crippen LogP contribution in [-0.2, 0) is 0 Å². The highest BCUT2D eigenvalue weighted by Crippen LogP contribution is 2.26. The summed E-state index contributed by atoms with van der Waals surface area (Å²) < 4.78 is 11.7. The fourth-order valence-electron chi connectivity index (χ4n) is 3.85. The number of methoxy groups -OCH3 is 1. The van der Waals surface area contributed by atoms with Gasteiger partial charge in [0.05, 0.1) is 18.5 Å². The van der Waals surface area contributed by atoms with E-state index in [1.807, 2.05) is 24.3 Å². The molecule has 3 aromatic rings. The van der Waals surface area contributed by atoms with Crippen molar-refractivity contribution in [1.82, 2.24) is 10.2 Å². The summed E-state index contributed by atoms with van der Waals surface area (Å²) in [6.07, 6.45) is 2.30. The molecule has 0 unspecified atom stereocenters. The zero-order valence-electron chi connectivity index (χ0n) is 16.7. The molecular weight excluding hydrogens is 448 g/mol. The van der Waals surface area contributed by atoms with Gasteiger partial charge in [0.1, 0.15) is 11.3 Å². The van der Waals surface area contributed by atoms with Gasteiger partial charge in [-0.05, 0) is 61.8 Å². The standard InChI is InChI=1S/C23H23BrN2O4/c1-29-17-7-4-15(5-8-17)19(26-10-2-3-11-26)14-25-23(28)22-13-20(27)18-9-6-16(24)12-21(18)30-22/h4-9,12-13,19H,2-3,10-11,14H2,1H3,(H,25,28)/t19-/m0/s1. The van der Waals surface area contributed by atoms with Crippen molar-refractivity contribution in [2.75, 3.05) is 26.7 Å². The molecule has 1 fully saturated rings. The van der Waals surface area contributed by atoms with Gasteiger partial charge < -0.3 is 14.5 Å². The number of benzene rings is 2. The summed E-state index contributed by atoms with van der Waals surface area (Å²) in [7, 11) is 1.64. The molecular formula is C23H23BrN2O4. The van der Waals surface area contributed by atoms with E-state index in [0.29, 0.717) is 17.5 Å². The van der Waals surface area contributed by atoms with Crippen LogP contribution in [0.25, 0.3) is 11.0 Å². The highest BCUT2D eigenvalue weighted by Gasteiger charge is 2.24. The quantitative estimate of drug-likeness (QED) is 0.586. The Morgan fingerprint density at radius 1 is 1.17 bits per heavy atom. The van der Waals surface area contributed by atoms with E-state index in [2.05, 4.69) is 26.1 Å². The Bertz CT molecular complexity index is 1100. The normalized spacial score (nSPS) is 15.3. The van der Waals surface area contributed by atoms with Crippen LogP contribution in [0.3, 0.4) is 0 Å². The van der Waals surface area contributed by atoms with Gasteiger partial charge in [0, 0.05) is 17.1 Å². The monoisotopic (exact) mass is 470 g/mol. The second-order valence-electron chi connectivity index (χ2n) is 7.36. The van der Waals surface area contributed by atoms with Gasteiger partial charge in [-0.2, -0.15) is 0 Å². The molecule has 30 heavy (non-hydrogen) atoms. The van der Waals surface area contributed by atoms with Crippen molar-refractivity contribution in [1.29, 1.82) is 0 Å². The average molecular weight is 471 g/mol. The second kappa shape index (κ2) is 9.02. The zero-order valence-corrected chi connectivity index (χ0v) is 18.3. The maximum Gasteiger partial charge on any atom is 0.287 e. The first-order valence-corrected chi connectivity index (χ1v) is 10.7. The number of amides is 1. The molecule has 0 bridgehead atoms. The van der Waals surface area contributed by atoms with Crippen LogP contribution in [0.1, 0.15) is 35.0 Å². The number of hydrogen-bond donors (Lipinski definition) is 1. The van der Waals surface area contributed by atoms with Gasteiger partial charge in [0.15, 0.2) is 11.2 Å². The lowest BCUT2D eigenvalue weighted by molar-refractivity contribution is 0.0910. The largest absolute Gasteiger partial charge is 0.497 e. The van der Waals surface area contributed by atoms with E-state index in [0.717, 1.165) is 41.7 Å². The highest BCUT2D eigenvalue weighted by molar-refractivity contribution is 9.10. The van der Waals surface area contributed by atoms with Crippen LogP contribution in [0, 0.1) is 0 Å². The third kappa shape index (κ3) is 4.42. The molecule has 1 aliphatic heterocycles. The predicted octanol–water partition coefficient (Wildman–Crippen LogP) is 4.13. The van der Waals surface area contributed by atoms with Crippen molar-refractivity contribution in [3.05, 3.63) is 74.6 Å². The summed E-state index contributed by atoms with van der Waals surface area (Å²) in [6.45, 7) is 2.41. The van der Waals surface area contributed by atoms with E-state index in [9.17, 15) is 9.59 Å². The summed E-state index contributed by atoms with van der Waals surface area (Å²) in [5, 5.41) is 3.40. The summed E-state index contributed by atoms with van der Waals surface area (Å²) in [5.41, 5.74) is 1.26. The number of nitrogens with zero attached hydrogens (tertiary/aromatic N) is 1. The van der Waals surface area contributed by atoms with Crippen LogP contribution in [-0.4, -0.2) is 37.6 Å². The van der Waals surface area contributed by atoms with Crippen LogP contribution < -0.4 is 15.5 Å². The van der Waals surface area contributed by atoms with E-state index in [4.69, 9.17) is 9.15 Å². The summed E-state index contributed by atoms with van der Waals surface area (Å²) in [6, 6.07) is 14.4. The zero-order chi connectivity index (χ0) is 21.1. The number of hydrogen-bond acceptors (Lipinski definition) is 5. The number of ether oxygens (including phenoxy) is 1. The molecule has 1 amide bonds. The van der Waals surface area contributed by atoms with Gasteiger partial charge in [-0.3, -0.25) is 14.5 Å². The second-order valence-corrected chi connectivity index (χ2v) is 8.27. The first-order chi connectivity index (χ1) is 14.5. The Morgan fingerprint density at radius 3 is 2.60 bits per heavy atom. The van der Waals surface area contributed by atoms with E-state index in [-0.39, 0.29) is 17.2 Å². The van der Waals surface area contributed by atoms with Crippen LogP contribution in [0.15, 0.2) is 62.2 Å². The lowest BCUT2D eigenvalue weighted by atomic mass is 10.1. The van der Waals surface area contributed by atoms with Gasteiger partial charge in [0.25, 0.3) is 5.91 Å². The van der Waals surface area contributed by atoms with Crippen molar-refractivity contribution in [2.45, 2.75) is 18.9 Å². The average Bonchev–Trinajstić information content (AvgIpc) is 3.28. The molecule has 7 heteroatoms. The number of fused-ring (bicyclic) bond motifs is 1. The highest BCUT2D eigenvalue weighted by atomic mass is 79.9. The van der Waals surface area contributed by atoms with E-state index in [1.165, 1.54) is 6.07 Å². The van der Waals surface area contributed by atoms with Crippen LogP contribution in [0.4, 0.5) is 0 Å². The Kier molecular flexibility index (Phi) is 6.20. The molecule has 4 rings (SSSR count). The van der Waals surface area contributed by atoms with Crippen LogP contribution in [0.2, 0.25) is 0 Å². The number of carbonyl (C=O) groups excluding carboxylic acids is 1. The first-order valence-electron chi connectivity index (χ1n) is 9.95. The summed E-state index contributed by atoms with van der Waals surface area (Å²) >= 11 is 3.37. The third-order valence-electron chi connectivity index (χ3n) is 5.45. The van der Waals surface area contributed by atoms with Crippen molar-refractivity contribution in [3.63, 3.8) is 0 Å². The third-order valence-corrected chi connectivity index (χ3v) is 5.95. The van der Waals surface area contributed by atoms with Gasteiger partial charge in [0.2, 0.25) is 0 Å². The van der Waals surface area contributed by atoms with Crippen molar-refractivity contribution in [2.24, 2.45) is 0 Å². The van der Waals surface area contributed by atoms with Crippen molar-refractivity contribution in [3.8, 4) is 5.75 Å². The Labute approximate surface area is 183 Å². The van der Waals surface area contributed by atoms with Crippen LogP contribution in [0.5, 0.6) is 5.75 Å². The topological polar surface area (TPSA) is 71.8 Å². The fourth-order valence-corrected chi connectivity index (χ4v) is 4.19. The fraction of sp³-hybridized carbons (Fsp3) is 0.304. The van der Waals surface area contributed by atoms with Gasteiger partial charge >= 0.3 is 0 Å². The maximum atomic E-state index is 12.8. The Morgan fingerprint density at radius 2 is 1.90 bits per heavy atom. The van der Waals surface area contributed by atoms with Crippen LogP contribution >= 0.6 is 15.9 Å². The smallest absolute Gasteiger partial charge is 0.287 e. The predicted molar refractivity (Wildman–Crippen MR) is 119 cm³/mol. The number of likely N-dealkylation sites (tertiary alicyclic amines) is 1. The minimum Gasteiger partial charge on any atom is -0.497 e. The van der Waals surface area contributed by atoms with Gasteiger partial charge in [-0.25, -0.2) is 0 Å². The molecule has 1 atom stereocenters. The van der Waals surface area contributed by atoms with Crippen molar-refractivity contribution >= 4 is 32.8 Å². The molecule has 0 radical (unpaired) electrons. The Hall–Kier alpha value is -2.64. The minimum absolute atomic E-state index is 0.0144. The molecule has 1 N–H and O–H groups in total. The van der Waals surface area contributed by atoms with Crippen molar-refractivity contribution < 1.29 is 13.9 Å². The van der Waals surface area contributed by atoms with Gasteiger partial charge in [-0.15, -0.1) is 0 Å². The molecule has 1 aromatic heterocycles. The summed E-state index contributed by atoms with van der Waals surface area (Å²) in [5.74, 6) is 0.416. The van der Waals surface area contributed by atoms with E-state index >= 15 is 0 Å². The lowest BCUT2D eigenvalue weighted by Gasteiger charge is -2.28. The number of halogens is 1. The molecule has 1 saturated heterocycles. The van der Waals surface area contributed by atoms with Gasteiger partial charge in [-0.1, -0.05) is 28.1 Å². The molecule has 1 aliphatic rings. The molecule has 2 heterocycles. The number of nitrogens with one attached hydrogen (secondary N) is 1. The molecule has 0 spiro atoms. The lowest BCUT2D eigenvalue weighted by Crippen LogP contribution is -2.37. The minimum atomic E-state index is -0.397. The molecule has 0 aliphatic carbocycles. The molecule has 0 saturated carbocycles. The van der Waals surface area contributed by atoms with E-state index in [1.54, 1.807) is 25.3 Å². The Balaban J connectivity index is 1.54. The maximum absolute atomic E-state index is 12.8. The number of carbonyl (C=O) groups is 1. The molecule has 6 nitrogen and oxygen atoms in total. The molecule has 2 aromatic carbocycles. The summed E-state index contributed by atoms with van der Waals surface area (Å²) in [4.78, 5) is 27.5. The number of rotatable bonds is 6. The first kappa shape index (κ1) is 20.6. The van der Waals surface area contributed by atoms with E-state index < -0.39 is 5.91 Å².